The molecule has 12 nitrogen and oxygen atoms in total. The van der Waals surface area contributed by atoms with E-state index in [1.165, 1.54) is 76.0 Å². The summed E-state index contributed by atoms with van der Waals surface area (Å²) in [5.74, 6) is -0.698. The van der Waals surface area contributed by atoms with Gasteiger partial charge in [-0.25, -0.2) is 14.4 Å². The summed E-state index contributed by atoms with van der Waals surface area (Å²) in [6.07, 6.45) is 18.8. The Morgan fingerprint density at radius 3 is 0.870 bits per heavy atom. The number of carboxylic acid groups (broad SMARTS) is 3. The van der Waals surface area contributed by atoms with Gasteiger partial charge in [0.25, 0.3) is 0 Å². The molecule has 9 N–H and O–H groups in total. The van der Waals surface area contributed by atoms with Gasteiger partial charge in [0.05, 0.1) is 19.8 Å². The topological polar surface area (TPSA) is 209 Å². The standard InChI is InChI=1S/3C12H23NO2.C6H14O3/c3*1-4-6-7-11(5-2)9-13-10(3)8-12(14)15;1-2-6(3-7,4-8)5-9/h3*8,11,13H,4-7,9H2,1-3H3,(H,14,15);7-9H,2-5H2,1H3. The Bertz CT molecular complexity index is 884. The summed E-state index contributed by atoms with van der Waals surface area (Å²) in [4.78, 5) is 31.1. The van der Waals surface area contributed by atoms with Gasteiger partial charge < -0.3 is 46.6 Å². The minimum atomic E-state index is -0.887. The van der Waals surface area contributed by atoms with Gasteiger partial charge in [-0.3, -0.25) is 0 Å². The van der Waals surface area contributed by atoms with Crippen molar-refractivity contribution in [2.24, 2.45) is 23.2 Å². The molecule has 3 unspecified atom stereocenters. The Morgan fingerprint density at radius 2 is 0.741 bits per heavy atom. The lowest BCUT2D eigenvalue weighted by Crippen LogP contribution is -2.32. The van der Waals surface area contributed by atoms with Gasteiger partial charge in [-0.05, 0) is 64.2 Å². The highest BCUT2D eigenvalue weighted by Crippen LogP contribution is 2.18. The van der Waals surface area contributed by atoms with Gasteiger partial charge in [-0.15, -0.1) is 0 Å². The summed E-state index contributed by atoms with van der Waals surface area (Å²) in [6, 6.07) is 0. The number of allylic oxidation sites excluding steroid dienone is 3. The summed E-state index contributed by atoms with van der Waals surface area (Å²) in [6.45, 7) is 22.5. The van der Waals surface area contributed by atoms with Crippen LogP contribution in [0.5, 0.6) is 0 Å². The molecular weight excluding hydrogens is 690 g/mol. The van der Waals surface area contributed by atoms with Crippen LogP contribution in [0.3, 0.4) is 0 Å². The fraction of sp³-hybridized carbons (Fsp3) is 0.786. The molecule has 0 rings (SSSR count). The van der Waals surface area contributed by atoms with E-state index in [0.717, 1.165) is 56.0 Å². The highest BCUT2D eigenvalue weighted by Gasteiger charge is 2.24. The molecule has 54 heavy (non-hydrogen) atoms. The molecule has 0 amide bonds. The molecule has 0 bridgehead atoms. The van der Waals surface area contributed by atoms with E-state index in [1.54, 1.807) is 20.8 Å². The SMILES string of the molecule is CCC(CO)(CO)CO.CCCCC(CC)CNC(C)=CC(=O)O.CCCCC(CC)CNC(C)=CC(=O)O.CCCCC(CC)CNC(C)=CC(=O)O. The number of carboxylic acids is 3. The van der Waals surface area contributed by atoms with Crippen LogP contribution in [0.4, 0.5) is 0 Å². The van der Waals surface area contributed by atoms with Crippen molar-refractivity contribution in [2.75, 3.05) is 39.5 Å². The summed E-state index contributed by atoms with van der Waals surface area (Å²) in [7, 11) is 0. The molecule has 0 aromatic rings. The predicted molar refractivity (Wildman–Crippen MR) is 222 cm³/mol. The first-order valence-corrected chi connectivity index (χ1v) is 20.3. The van der Waals surface area contributed by atoms with Crippen LogP contribution in [-0.4, -0.2) is 88.0 Å². The zero-order valence-electron chi connectivity index (χ0n) is 35.8. The van der Waals surface area contributed by atoms with Crippen LogP contribution < -0.4 is 16.0 Å². The zero-order chi connectivity index (χ0) is 42.4. The molecule has 0 fully saturated rings. The first-order chi connectivity index (χ1) is 25.5. The van der Waals surface area contributed by atoms with Crippen molar-refractivity contribution in [3.8, 4) is 0 Å². The number of nitrogens with one attached hydrogen (secondary N) is 3. The van der Waals surface area contributed by atoms with Crippen LogP contribution in [0.1, 0.15) is 153 Å². The third-order valence-electron chi connectivity index (χ3n) is 9.41. The molecule has 0 spiro atoms. The van der Waals surface area contributed by atoms with Crippen LogP contribution in [0.15, 0.2) is 35.3 Å². The summed E-state index contributed by atoms with van der Waals surface area (Å²) < 4.78 is 0. The fourth-order valence-electron chi connectivity index (χ4n) is 4.94. The van der Waals surface area contributed by atoms with Crippen LogP contribution in [0.2, 0.25) is 0 Å². The number of aliphatic carboxylic acids is 3. The lowest BCUT2D eigenvalue weighted by atomic mass is 9.88. The van der Waals surface area contributed by atoms with E-state index in [9.17, 15) is 14.4 Å². The number of hydrogen-bond donors (Lipinski definition) is 9. The maximum absolute atomic E-state index is 10.4. The van der Waals surface area contributed by atoms with Crippen molar-refractivity contribution in [1.82, 2.24) is 16.0 Å². The van der Waals surface area contributed by atoms with Gasteiger partial charge in [0, 0.05) is 60.4 Å². The molecule has 0 aromatic carbocycles. The zero-order valence-corrected chi connectivity index (χ0v) is 35.8. The maximum Gasteiger partial charge on any atom is 0.330 e. The molecule has 0 aliphatic carbocycles. The molecule has 320 valence electrons. The average molecular weight is 774 g/mol. The second-order valence-corrected chi connectivity index (χ2v) is 14.2. The fourth-order valence-corrected chi connectivity index (χ4v) is 4.94. The largest absolute Gasteiger partial charge is 0.478 e. The number of aliphatic hydroxyl groups is 3. The van der Waals surface area contributed by atoms with Crippen LogP contribution in [-0.2, 0) is 14.4 Å². The van der Waals surface area contributed by atoms with Gasteiger partial charge in [0.2, 0.25) is 0 Å². The van der Waals surface area contributed by atoms with Crippen LogP contribution >= 0.6 is 0 Å². The molecule has 0 aromatic heterocycles. The second-order valence-electron chi connectivity index (χ2n) is 14.2. The van der Waals surface area contributed by atoms with Gasteiger partial charge in [0.1, 0.15) is 0 Å². The van der Waals surface area contributed by atoms with Crippen molar-refractivity contribution in [1.29, 1.82) is 0 Å². The highest BCUT2D eigenvalue weighted by molar-refractivity contribution is 5.81. The molecule has 0 saturated heterocycles. The molecule has 12 heteroatoms. The Morgan fingerprint density at radius 1 is 0.500 bits per heavy atom. The predicted octanol–water partition coefficient (Wildman–Crippen LogP) is 7.70. The van der Waals surface area contributed by atoms with E-state index in [2.05, 4.69) is 57.5 Å². The molecule has 0 saturated carbocycles. The molecule has 0 radical (unpaired) electrons. The van der Waals surface area contributed by atoms with Gasteiger partial charge in [0.15, 0.2) is 0 Å². The number of hydrogen-bond acceptors (Lipinski definition) is 9. The van der Waals surface area contributed by atoms with Crippen molar-refractivity contribution < 1.29 is 45.0 Å². The lowest BCUT2D eigenvalue weighted by molar-refractivity contribution is -0.132. The van der Waals surface area contributed by atoms with Crippen LogP contribution in [0, 0.1) is 23.2 Å². The highest BCUT2D eigenvalue weighted by atomic mass is 16.4. The quantitative estimate of drug-likeness (QED) is 0.0351. The maximum atomic E-state index is 10.4. The minimum Gasteiger partial charge on any atom is -0.478 e. The second kappa shape index (κ2) is 39.6. The number of rotatable bonds is 28. The van der Waals surface area contributed by atoms with Gasteiger partial charge in [-0.1, -0.05) is 106 Å². The first kappa shape index (κ1) is 57.6. The molecule has 0 heterocycles. The Balaban J connectivity index is -0.000000314. The Hall–Kier alpha value is -3.09. The summed E-state index contributed by atoms with van der Waals surface area (Å²) in [5, 5.41) is 61.0. The van der Waals surface area contributed by atoms with E-state index in [1.807, 2.05) is 6.92 Å². The number of aliphatic hydroxyl groups excluding tert-OH is 3. The van der Waals surface area contributed by atoms with Crippen molar-refractivity contribution in [3.63, 3.8) is 0 Å². The first-order valence-electron chi connectivity index (χ1n) is 20.3. The van der Waals surface area contributed by atoms with Crippen molar-refractivity contribution in [3.05, 3.63) is 35.3 Å². The van der Waals surface area contributed by atoms with E-state index in [0.29, 0.717) is 24.2 Å². The third kappa shape index (κ3) is 38.6. The van der Waals surface area contributed by atoms with Crippen molar-refractivity contribution in [2.45, 2.75) is 153 Å². The van der Waals surface area contributed by atoms with Crippen LogP contribution in [0.25, 0.3) is 0 Å². The smallest absolute Gasteiger partial charge is 0.330 e. The molecular formula is C42H83N3O9. The van der Waals surface area contributed by atoms with E-state index >= 15 is 0 Å². The summed E-state index contributed by atoms with van der Waals surface area (Å²) >= 11 is 0. The van der Waals surface area contributed by atoms with E-state index < -0.39 is 23.3 Å². The average Bonchev–Trinajstić information content (AvgIpc) is 3.13. The monoisotopic (exact) mass is 774 g/mol. The van der Waals surface area contributed by atoms with Gasteiger partial charge in [-0.2, -0.15) is 0 Å². The normalized spacial score (nSPS) is 13.4. The molecule has 0 aliphatic rings. The Kier molecular flexibility index (Phi) is 42.3. The van der Waals surface area contributed by atoms with Gasteiger partial charge >= 0.3 is 17.9 Å². The number of unbranched alkanes of at least 4 members (excludes halogenated alkanes) is 3. The van der Waals surface area contributed by atoms with E-state index in [-0.39, 0.29) is 19.8 Å². The lowest BCUT2D eigenvalue weighted by Gasteiger charge is -2.24. The third-order valence-corrected chi connectivity index (χ3v) is 9.41. The minimum absolute atomic E-state index is 0.156. The van der Waals surface area contributed by atoms with Crippen molar-refractivity contribution >= 4 is 17.9 Å². The van der Waals surface area contributed by atoms with E-state index in [4.69, 9.17) is 30.6 Å². The summed E-state index contributed by atoms with van der Waals surface area (Å²) in [5.41, 5.74) is 1.53. The molecule has 0 aliphatic heterocycles. The number of carbonyl (C=O) groups is 3. The Labute approximate surface area is 329 Å². The molecule has 3 atom stereocenters.